The van der Waals surface area contributed by atoms with Gasteiger partial charge in [-0.3, -0.25) is 14.6 Å². The molecular formula is C16H18FN5O2. The lowest BCUT2D eigenvalue weighted by Gasteiger charge is -2.24. The summed E-state index contributed by atoms with van der Waals surface area (Å²) in [5.41, 5.74) is 12.7. The smallest absolute Gasteiger partial charge is 0.258 e. The number of nitrogen functional groups attached to an aromatic ring is 1. The Morgan fingerprint density at radius 2 is 2.17 bits per heavy atom. The number of halogens is 1. The van der Waals surface area contributed by atoms with E-state index in [2.05, 4.69) is 10.3 Å². The van der Waals surface area contributed by atoms with E-state index >= 15 is 0 Å². The third kappa shape index (κ3) is 2.65. The van der Waals surface area contributed by atoms with Crippen LogP contribution in [0.25, 0.3) is 10.9 Å². The molecule has 8 heteroatoms. The molecule has 1 aliphatic rings. The number of hydrogen-bond acceptors (Lipinski definition) is 5. The molecule has 7 nitrogen and oxygen atoms in total. The molecule has 24 heavy (non-hydrogen) atoms. The number of nitrogens with zero attached hydrogens (tertiary/aromatic N) is 2. The number of rotatable bonds is 2. The first-order valence-electron chi connectivity index (χ1n) is 7.54. The summed E-state index contributed by atoms with van der Waals surface area (Å²) >= 11 is 0. The number of hydrogen-bond donors (Lipinski definition) is 3. The fraction of sp³-hybridized carbons (Fsp3) is 0.312. The summed E-state index contributed by atoms with van der Waals surface area (Å²) in [6.45, 7) is 0.248. The Morgan fingerprint density at radius 3 is 2.88 bits per heavy atom. The van der Waals surface area contributed by atoms with Gasteiger partial charge in [0.2, 0.25) is 5.91 Å². The van der Waals surface area contributed by atoms with Crippen molar-refractivity contribution in [3.63, 3.8) is 0 Å². The predicted octanol–water partition coefficient (Wildman–Crippen LogP) is 0.244. The van der Waals surface area contributed by atoms with Crippen LogP contribution in [0.3, 0.4) is 0 Å². The monoisotopic (exact) mass is 331 g/mol. The highest BCUT2D eigenvalue weighted by Gasteiger charge is 2.38. The van der Waals surface area contributed by atoms with Crippen LogP contribution in [0.15, 0.2) is 24.4 Å². The van der Waals surface area contributed by atoms with Crippen molar-refractivity contribution in [2.45, 2.75) is 18.5 Å². The van der Waals surface area contributed by atoms with Crippen LogP contribution >= 0.6 is 0 Å². The number of likely N-dealkylation sites (N-methyl/N-ethyl adjacent to an activating group) is 1. The Bertz CT molecular complexity index is 825. The molecule has 2 atom stereocenters. The van der Waals surface area contributed by atoms with Crippen LogP contribution in [0.5, 0.6) is 0 Å². The average Bonchev–Trinajstić information content (AvgIpc) is 2.96. The van der Waals surface area contributed by atoms with Crippen molar-refractivity contribution in [1.82, 2.24) is 15.2 Å². The highest BCUT2D eigenvalue weighted by molar-refractivity contribution is 6.07. The van der Waals surface area contributed by atoms with Gasteiger partial charge in [-0.2, -0.15) is 0 Å². The lowest BCUT2D eigenvalue weighted by atomic mass is 10.1. The summed E-state index contributed by atoms with van der Waals surface area (Å²) < 4.78 is 13.5. The van der Waals surface area contributed by atoms with Crippen molar-refractivity contribution in [3.05, 3.63) is 35.8 Å². The van der Waals surface area contributed by atoms with Gasteiger partial charge in [0.15, 0.2) is 0 Å². The molecule has 0 saturated carbocycles. The Hall–Kier alpha value is -2.74. The van der Waals surface area contributed by atoms with E-state index in [0.29, 0.717) is 17.3 Å². The van der Waals surface area contributed by atoms with Gasteiger partial charge in [0.05, 0.1) is 16.8 Å². The van der Waals surface area contributed by atoms with Crippen molar-refractivity contribution in [2.24, 2.45) is 5.73 Å². The number of pyridine rings is 1. The fourth-order valence-electron chi connectivity index (χ4n) is 3.02. The third-order valence-corrected chi connectivity index (χ3v) is 4.25. The molecule has 0 aliphatic carbocycles. The maximum Gasteiger partial charge on any atom is 0.258 e. The maximum atomic E-state index is 13.5. The first kappa shape index (κ1) is 16.1. The van der Waals surface area contributed by atoms with Gasteiger partial charge < -0.3 is 21.7 Å². The average molecular weight is 331 g/mol. The minimum absolute atomic E-state index is 0.135. The van der Waals surface area contributed by atoms with Crippen LogP contribution in [0.4, 0.5) is 10.1 Å². The summed E-state index contributed by atoms with van der Waals surface area (Å²) in [4.78, 5) is 30.4. The van der Waals surface area contributed by atoms with Crippen LogP contribution in [0, 0.1) is 5.82 Å². The van der Waals surface area contributed by atoms with Gasteiger partial charge in [0, 0.05) is 31.2 Å². The predicted molar refractivity (Wildman–Crippen MR) is 87.6 cm³/mol. The first-order chi connectivity index (χ1) is 11.4. The number of aromatic nitrogens is 1. The summed E-state index contributed by atoms with van der Waals surface area (Å²) in [5.74, 6) is -1.19. The molecule has 126 valence electrons. The molecule has 0 spiro atoms. The van der Waals surface area contributed by atoms with Crippen molar-refractivity contribution in [1.29, 1.82) is 0 Å². The highest BCUT2D eigenvalue weighted by atomic mass is 19.1. The summed E-state index contributed by atoms with van der Waals surface area (Å²) in [5, 5.41) is 2.89. The van der Waals surface area contributed by atoms with Crippen molar-refractivity contribution in [3.8, 4) is 0 Å². The Labute approximate surface area is 137 Å². The van der Waals surface area contributed by atoms with E-state index in [4.69, 9.17) is 11.5 Å². The van der Waals surface area contributed by atoms with Crippen LogP contribution in [-0.4, -0.2) is 47.4 Å². The van der Waals surface area contributed by atoms with E-state index in [1.54, 1.807) is 0 Å². The second-order valence-electron chi connectivity index (χ2n) is 5.83. The number of benzene rings is 1. The molecule has 1 aromatic carbocycles. The normalized spacial score (nSPS) is 20.4. The molecule has 5 N–H and O–H groups in total. The van der Waals surface area contributed by atoms with Crippen LogP contribution < -0.4 is 16.8 Å². The lowest BCUT2D eigenvalue weighted by Crippen LogP contribution is -2.45. The zero-order valence-electron chi connectivity index (χ0n) is 13.1. The van der Waals surface area contributed by atoms with E-state index in [9.17, 15) is 14.0 Å². The molecule has 0 unspecified atom stereocenters. The van der Waals surface area contributed by atoms with Crippen molar-refractivity contribution >= 4 is 28.4 Å². The number of likely N-dealkylation sites (tertiary alicyclic amines) is 1. The van der Waals surface area contributed by atoms with Gasteiger partial charge >= 0.3 is 0 Å². The van der Waals surface area contributed by atoms with Crippen LogP contribution in [-0.2, 0) is 4.79 Å². The largest absolute Gasteiger partial charge is 0.397 e. The number of anilines is 1. The molecule has 2 heterocycles. The second kappa shape index (κ2) is 6.04. The number of nitrogens with one attached hydrogen (secondary N) is 1. The highest BCUT2D eigenvalue weighted by Crippen LogP contribution is 2.27. The number of carbonyl (C=O) groups excluding carboxylic acids is 2. The van der Waals surface area contributed by atoms with Crippen LogP contribution in [0.1, 0.15) is 16.8 Å². The van der Waals surface area contributed by atoms with Crippen LogP contribution in [0.2, 0.25) is 0 Å². The number of carbonyl (C=O) groups is 2. The molecule has 3 rings (SSSR count). The molecule has 1 aliphatic heterocycles. The molecule has 0 bridgehead atoms. The summed E-state index contributed by atoms with van der Waals surface area (Å²) in [7, 11) is 1.50. The lowest BCUT2D eigenvalue weighted by molar-refractivity contribution is -0.124. The Balaban J connectivity index is 2.02. The first-order valence-corrected chi connectivity index (χ1v) is 7.54. The van der Waals surface area contributed by atoms with Gasteiger partial charge in [0.25, 0.3) is 5.91 Å². The number of amides is 2. The SMILES string of the molecule is CNC(=O)[C@@H]1C[C@@H](N)CN1C(=O)c1cnc2ccc(F)cc2c1N. The minimum Gasteiger partial charge on any atom is -0.397 e. The van der Waals surface area contributed by atoms with E-state index < -0.39 is 17.8 Å². The van der Waals surface area contributed by atoms with E-state index in [-0.39, 0.29) is 29.7 Å². The molecular weight excluding hydrogens is 313 g/mol. The Morgan fingerprint density at radius 1 is 1.42 bits per heavy atom. The third-order valence-electron chi connectivity index (χ3n) is 4.25. The zero-order valence-corrected chi connectivity index (χ0v) is 13.1. The standard InChI is InChI=1S/C16H18FN5O2/c1-20-15(23)13-5-9(18)7-22(13)16(24)11-6-21-12-3-2-8(17)4-10(12)14(11)19/h2-4,6,9,13H,5,7,18H2,1H3,(H2,19,21)(H,20,23)/t9-,13+/m1/s1. The molecule has 2 aromatic rings. The van der Waals surface area contributed by atoms with Gasteiger partial charge in [-0.1, -0.05) is 0 Å². The topological polar surface area (TPSA) is 114 Å². The minimum atomic E-state index is -0.653. The number of nitrogens with two attached hydrogens (primary N) is 2. The maximum absolute atomic E-state index is 13.5. The van der Waals surface area contributed by atoms with Gasteiger partial charge in [-0.25, -0.2) is 4.39 Å². The van der Waals surface area contributed by atoms with E-state index in [1.165, 1.54) is 36.3 Å². The van der Waals surface area contributed by atoms with Crippen molar-refractivity contribution in [2.75, 3.05) is 19.3 Å². The molecule has 1 saturated heterocycles. The van der Waals surface area contributed by atoms with Crippen molar-refractivity contribution < 1.29 is 14.0 Å². The fourth-order valence-corrected chi connectivity index (χ4v) is 3.02. The van der Waals surface area contributed by atoms with Gasteiger partial charge in [-0.15, -0.1) is 0 Å². The summed E-state index contributed by atoms with van der Waals surface area (Å²) in [6, 6.07) is 3.06. The van der Waals surface area contributed by atoms with Gasteiger partial charge in [-0.05, 0) is 24.6 Å². The molecule has 1 aromatic heterocycles. The number of fused-ring (bicyclic) bond motifs is 1. The zero-order chi connectivity index (χ0) is 17.4. The van der Waals surface area contributed by atoms with Gasteiger partial charge in [0.1, 0.15) is 11.9 Å². The van der Waals surface area contributed by atoms with E-state index in [1.807, 2.05) is 0 Å². The molecule has 2 amide bonds. The Kier molecular flexibility index (Phi) is 4.06. The second-order valence-corrected chi connectivity index (χ2v) is 5.83. The molecule has 1 fully saturated rings. The molecule has 0 radical (unpaired) electrons. The quantitative estimate of drug-likeness (QED) is 0.729. The van der Waals surface area contributed by atoms with E-state index in [0.717, 1.165) is 0 Å². The summed E-state index contributed by atoms with van der Waals surface area (Å²) in [6.07, 6.45) is 1.73.